The number of benzene rings is 1. The highest BCUT2D eigenvalue weighted by molar-refractivity contribution is 6.07. The number of rotatable bonds is 3. The van der Waals surface area contributed by atoms with Crippen molar-refractivity contribution in [2.45, 2.75) is 19.8 Å². The minimum atomic E-state index is -0.0429. The van der Waals surface area contributed by atoms with Crippen LogP contribution in [0.15, 0.2) is 54.7 Å². The summed E-state index contributed by atoms with van der Waals surface area (Å²) in [5.41, 5.74) is 2.63. The van der Waals surface area contributed by atoms with E-state index in [0.717, 1.165) is 11.2 Å². The molecule has 0 fully saturated rings. The maximum Gasteiger partial charge on any atom is 0.228 e. The molecule has 0 unspecified atom stereocenters. The van der Waals surface area contributed by atoms with Gasteiger partial charge in [-0.2, -0.15) is 0 Å². The van der Waals surface area contributed by atoms with E-state index in [0.29, 0.717) is 11.4 Å². The first-order chi connectivity index (χ1) is 9.68. The van der Waals surface area contributed by atoms with Gasteiger partial charge in [0.25, 0.3) is 0 Å². The zero-order valence-electron chi connectivity index (χ0n) is 11.6. The third kappa shape index (κ3) is 2.01. The SMILES string of the molecule is CC(C)c1nc(C(=O)c2ccccc2)n2ccccc12. The van der Waals surface area contributed by atoms with Crippen LogP contribution in [0.25, 0.3) is 5.52 Å². The molecule has 3 nitrogen and oxygen atoms in total. The molecule has 1 aromatic carbocycles. The van der Waals surface area contributed by atoms with Gasteiger partial charge in [0, 0.05) is 11.8 Å². The predicted molar refractivity (Wildman–Crippen MR) is 79.2 cm³/mol. The first-order valence-electron chi connectivity index (χ1n) is 6.75. The number of imidazole rings is 1. The van der Waals surface area contributed by atoms with Crippen LogP contribution in [0.4, 0.5) is 0 Å². The van der Waals surface area contributed by atoms with E-state index >= 15 is 0 Å². The van der Waals surface area contributed by atoms with Crippen molar-refractivity contribution >= 4 is 11.3 Å². The maximum atomic E-state index is 12.6. The lowest BCUT2D eigenvalue weighted by molar-refractivity contribution is 0.102. The zero-order valence-corrected chi connectivity index (χ0v) is 11.6. The Labute approximate surface area is 117 Å². The van der Waals surface area contributed by atoms with Crippen LogP contribution in [0, 0.1) is 0 Å². The summed E-state index contributed by atoms with van der Waals surface area (Å²) in [4.78, 5) is 17.2. The highest BCUT2D eigenvalue weighted by Crippen LogP contribution is 2.22. The second-order valence-electron chi connectivity index (χ2n) is 5.13. The number of ketones is 1. The topological polar surface area (TPSA) is 34.4 Å². The van der Waals surface area contributed by atoms with E-state index in [-0.39, 0.29) is 11.7 Å². The molecular weight excluding hydrogens is 248 g/mol. The quantitative estimate of drug-likeness (QED) is 0.676. The van der Waals surface area contributed by atoms with Gasteiger partial charge in [0.1, 0.15) is 0 Å². The Morgan fingerprint density at radius 3 is 2.45 bits per heavy atom. The van der Waals surface area contributed by atoms with Crippen LogP contribution in [0.2, 0.25) is 0 Å². The average Bonchev–Trinajstić information content (AvgIpc) is 2.87. The molecule has 20 heavy (non-hydrogen) atoms. The van der Waals surface area contributed by atoms with Crippen molar-refractivity contribution in [3.05, 3.63) is 71.8 Å². The van der Waals surface area contributed by atoms with Gasteiger partial charge in [-0.3, -0.25) is 9.20 Å². The molecule has 0 aliphatic heterocycles. The van der Waals surface area contributed by atoms with Crippen LogP contribution in [0.1, 0.15) is 41.6 Å². The molecule has 0 saturated heterocycles. The Hall–Kier alpha value is -2.42. The molecular formula is C17H16N2O. The van der Waals surface area contributed by atoms with Crippen LogP contribution in [0.5, 0.6) is 0 Å². The predicted octanol–water partition coefficient (Wildman–Crippen LogP) is 3.69. The Balaban J connectivity index is 2.20. The normalized spacial score (nSPS) is 11.2. The van der Waals surface area contributed by atoms with E-state index in [1.54, 1.807) is 0 Å². The second-order valence-corrected chi connectivity index (χ2v) is 5.13. The largest absolute Gasteiger partial charge is 0.297 e. The van der Waals surface area contributed by atoms with Crippen molar-refractivity contribution in [1.29, 1.82) is 0 Å². The minimum absolute atomic E-state index is 0.0429. The van der Waals surface area contributed by atoms with Gasteiger partial charge in [-0.15, -0.1) is 0 Å². The summed E-state index contributed by atoms with van der Waals surface area (Å²) in [6, 6.07) is 15.2. The van der Waals surface area contributed by atoms with Crippen molar-refractivity contribution in [2.75, 3.05) is 0 Å². The van der Waals surface area contributed by atoms with E-state index in [9.17, 15) is 4.79 Å². The highest BCUT2D eigenvalue weighted by Gasteiger charge is 2.19. The smallest absolute Gasteiger partial charge is 0.228 e. The summed E-state index contributed by atoms with van der Waals surface area (Å²) in [7, 11) is 0. The van der Waals surface area contributed by atoms with Gasteiger partial charge in [0.15, 0.2) is 5.82 Å². The van der Waals surface area contributed by atoms with E-state index < -0.39 is 0 Å². The summed E-state index contributed by atoms with van der Waals surface area (Å²) in [6.45, 7) is 4.18. The Morgan fingerprint density at radius 2 is 1.75 bits per heavy atom. The zero-order chi connectivity index (χ0) is 14.1. The lowest BCUT2D eigenvalue weighted by atomic mass is 10.1. The molecule has 2 heterocycles. The van der Waals surface area contributed by atoms with Crippen LogP contribution in [-0.2, 0) is 0 Å². The van der Waals surface area contributed by atoms with Gasteiger partial charge in [0.2, 0.25) is 5.78 Å². The molecule has 0 aliphatic rings. The average molecular weight is 264 g/mol. The Kier molecular flexibility index (Phi) is 3.11. The molecule has 2 aromatic heterocycles. The van der Waals surface area contributed by atoms with E-state index in [2.05, 4.69) is 18.8 Å². The molecule has 0 bridgehead atoms. The summed E-state index contributed by atoms with van der Waals surface area (Å²) in [5.74, 6) is 0.721. The van der Waals surface area contributed by atoms with Crippen molar-refractivity contribution in [3.8, 4) is 0 Å². The fourth-order valence-electron chi connectivity index (χ4n) is 2.37. The molecule has 0 N–H and O–H groups in total. The van der Waals surface area contributed by atoms with Gasteiger partial charge in [-0.05, 0) is 18.1 Å². The molecule has 3 rings (SSSR count). The molecule has 0 saturated carbocycles. The lowest BCUT2D eigenvalue weighted by Crippen LogP contribution is -2.06. The Bertz CT molecular complexity index is 757. The number of carbonyl (C=O) groups excluding carboxylic acids is 1. The lowest BCUT2D eigenvalue weighted by Gasteiger charge is -2.00. The third-order valence-corrected chi connectivity index (χ3v) is 3.36. The van der Waals surface area contributed by atoms with Crippen LogP contribution in [-0.4, -0.2) is 15.2 Å². The van der Waals surface area contributed by atoms with Crippen molar-refractivity contribution < 1.29 is 4.79 Å². The van der Waals surface area contributed by atoms with E-state index in [1.807, 2.05) is 59.1 Å². The molecule has 0 atom stereocenters. The Morgan fingerprint density at radius 1 is 1.05 bits per heavy atom. The van der Waals surface area contributed by atoms with Crippen LogP contribution < -0.4 is 0 Å². The number of nitrogens with zero attached hydrogens (tertiary/aromatic N) is 2. The molecule has 3 heteroatoms. The molecule has 0 amide bonds. The summed E-state index contributed by atoms with van der Waals surface area (Å²) in [6.07, 6.45) is 1.89. The number of carbonyl (C=O) groups is 1. The molecule has 0 aliphatic carbocycles. The minimum Gasteiger partial charge on any atom is -0.297 e. The van der Waals surface area contributed by atoms with Crippen molar-refractivity contribution in [3.63, 3.8) is 0 Å². The first kappa shape index (κ1) is 12.6. The van der Waals surface area contributed by atoms with Crippen LogP contribution in [0.3, 0.4) is 0 Å². The molecule has 0 radical (unpaired) electrons. The number of hydrogen-bond acceptors (Lipinski definition) is 2. The van der Waals surface area contributed by atoms with Gasteiger partial charge < -0.3 is 0 Å². The molecule has 3 aromatic rings. The monoisotopic (exact) mass is 264 g/mol. The van der Waals surface area contributed by atoms with Gasteiger partial charge in [0.05, 0.1) is 11.2 Å². The number of hydrogen-bond donors (Lipinski definition) is 0. The fourth-order valence-corrected chi connectivity index (χ4v) is 2.37. The number of aromatic nitrogens is 2. The van der Waals surface area contributed by atoms with E-state index in [4.69, 9.17) is 0 Å². The molecule has 100 valence electrons. The molecule has 0 spiro atoms. The summed E-state index contributed by atoms with van der Waals surface area (Å²) < 4.78 is 1.88. The van der Waals surface area contributed by atoms with Crippen molar-refractivity contribution in [2.24, 2.45) is 0 Å². The fraction of sp³-hybridized carbons (Fsp3) is 0.176. The second kappa shape index (κ2) is 4.93. The van der Waals surface area contributed by atoms with Gasteiger partial charge in [-0.1, -0.05) is 50.2 Å². The van der Waals surface area contributed by atoms with Crippen molar-refractivity contribution in [1.82, 2.24) is 9.38 Å². The van der Waals surface area contributed by atoms with Crippen LogP contribution >= 0.6 is 0 Å². The standard InChI is InChI=1S/C17H16N2O/c1-12(2)15-14-10-6-7-11-19(14)17(18-15)16(20)13-8-4-3-5-9-13/h3-12H,1-2H3. The van der Waals surface area contributed by atoms with Gasteiger partial charge >= 0.3 is 0 Å². The first-order valence-corrected chi connectivity index (χ1v) is 6.75. The summed E-state index contributed by atoms with van der Waals surface area (Å²) >= 11 is 0. The third-order valence-electron chi connectivity index (χ3n) is 3.36. The van der Waals surface area contributed by atoms with E-state index in [1.165, 1.54) is 0 Å². The summed E-state index contributed by atoms with van der Waals surface area (Å²) in [5, 5.41) is 0. The number of fused-ring (bicyclic) bond motifs is 1. The maximum absolute atomic E-state index is 12.6. The number of pyridine rings is 1. The van der Waals surface area contributed by atoms with Gasteiger partial charge in [-0.25, -0.2) is 4.98 Å². The highest BCUT2D eigenvalue weighted by atomic mass is 16.1.